The minimum Gasteiger partial charge on any atom is -0.479 e. The van der Waals surface area contributed by atoms with Crippen molar-refractivity contribution in [3.63, 3.8) is 0 Å². The summed E-state index contributed by atoms with van der Waals surface area (Å²) in [4.78, 5) is 40.8. The Bertz CT molecular complexity index is 239. The molecule has 0 aromatic heterocycles. The summed E-state index contributed by atoms with van der Waals surface area (Å²) in [5.41, 5.74) is 0. The first-order valence-electron chi connectivity index (χ1n) is 3.21. The Kier molecular flexibility index (Phi) is 4.68. The summed E-state index contributed by atoms with van der Waals surface area (Å²) in [6.07, 6.45) is 0. The normalized spacial score (nSPS) is 8.86. The van der Waals surface area contributed by atoms with Crippen LogP contribution in [0.5, 0.6) is 0 Å². The highest BCUT2D eigenvalue weighted by atomic mass is 16.6. The molecule has 14 heavy (non-hydrogen) atoms. The van der Waals surface area contributed by atoms with Gasteiger partial charge >= 0.3 is 23.9 Å². The molecule has 0 bridgehead atoms. The second-order valence-electron chi connectivity index (χ2n) is 1.94. The van der Waals surface area contributed by atoms with Crippen molar-refractivity contribution in [1.29, 1.82) is 0 Å². The van der Waals surface area contributed by atoms with Crippen LogP contribution in [0.4, 0.5) is 0 Å². The fraction of sp³-hybridized carbons (Fsp3) is 0.333. The van der Waals surface area contributed by atoms with Gasteiger partial charge in [0.15, 0.2) is 13.2 Å². The van der Waals surface area contributed by atoms with Gasteiger partial charge in [-0.25, -0.2) is 19.2 Å². The lowest BCUT2D eigenvalue weighted by Gasteiger charge is -2.00. The van der Waals surface area contributed by atoms with Gasteiger partial charge < -0.3 is 19.7 Å². The van der Waals surface area contributed by atoms with E-state index in [1.54, 1.807) is 0 Å². The number of carboxylic acid groups (broad SMARTS) is 2. The van der Waals surface area contributed by atoms with Crippen molar-refractivity contribution in [1.82, 2.24) is 0 Å². The van der Waals surface area contributed by atoms with E-state index in [4.69, 9.17) is 10.2 Å². The molecule has 0 aliphatic carbocycles. The average molecular weight is 206 g/mol. The van der Waals surface area contributed by atoms with Crippen molar-refractivity contribution in [3.8, 4) is 0 Å². The van der Waals surface area contributed by atoms with Gasteiger partial charge in [-0.15, -0.1) is 0 Å². The van der Waals surface area contributed by atoms with Crippen LogP contribution in [0.3, 0.4) is 0 Å². The number of carbonyl (C=O) groups is 4. The van der Waals surface area contributed by atoms with Crippen molar-refractivity contribution in [3.05, 3.63) is 0 Å². The van der Waals surface area contributed by atoms with E-state index in [1.807, 2.05) is 0 Å². The molecule has 0 aromatic carbocycles. The van der Waals surface area contributed by atoms with E-state index < -0.39 is 37.1 Å². The molecule has 0 spiro atoms. The molecule has 8 nitrogen and oxygen atoms in total. The summed E-state index contributed by atoms with van der Waals surface area (Å²) in [7, 11) is 0. The van der Waals surface area contributed by atoms with Crippen LogP contribution in [0.15, 0.2) is 0 Å². The average Bonchev–Trinajstić information content (AvgIpc) is 2.09. The fourth-order valence-electron chi connectivity index (χ4n) is 0.372. The maximum Gasteiger partial charge on any atom is 0.418 e. The smallest absolute Gasteiger partial charge is 0.418 e. The number of carbonyl (C=O) groups excluding carboxylic acids is 2. The summed E-state index contributed by atoms with van der Waals surface area (Å²) in [6.45, 7) is -1.97. The molecule has 0 aromatic rings. The molecule has 8 heteroatoms. The molecule has 0 unspecified atom stereocenters. The molecule has 0 atom stereocenters. The molecule has 0 aliphatic rings. The lowest BCUT2D eigenvalue weighted by atomic mass is 10.6. The first-order chi connectivity index (χ1) is 6.43. The van der Waals surface area contributed by atoms with E-state index in [1.165, 1.54) is 0 Å². The number of aliphatic carboxylic acids is 2. The minimum atomic E-state index is -1.55. The van der Waals surface area contributed by atoms with Gasteiger partial charge in [0.25, 0.3) is 0 Å². The van der Waals surface area contributed by atoms with Crippen LogP contribution in [-0.4, -0.2) is 47.3 Å². The highest BCUT2D eigenvalue weighted by molar-refractivity contribution is 6.30. The van der Waals surface area contributed by atoms with Crippen molar-refractivity contribution in [2.24, 2.45) is 0 Å². The van der Waals surface area contributed by atoms with Gasteiger partial charge in [0.05, 0.1) is 0 Å². The zero-order valence-electron chi connectivity index (χ0n) is 6.76. The summed E-state index contributed by atoms with van der Waals surface area (Å²) in [6, 6.07) is 0. The van der Waals surface area contributed by atoms with E-state index in [2.05, 4.69) is 9.47 Å². The molecule has 0 rings (SSSR count). The predicted octanol–water partition coefficient (Wildman–Crippen LogP) is -1.76. The van der Waals surface area contributed by atoms with Gasteiger partial charge in [0.1, 0.15) is 0 Å². The topological polar surface area (TPSA) is 127 Å². The van der Waals surface area contributed by atoms with Crippen molar-refractivity contribution in [2.75, 3.05) is 13.2 Å². The van der Waals surface area contributed by atoms with Crippen LogP contribution in [0.1, 0.15) is 0 Å². The predicted molar refractivity (Wildman–Crippen MR) is 37.2 cm³/mol. The second kappa shape index (κ2) is 5.51. The van der Waals surface area contributed by atoms with Crippen LogP contribution < -0.4 is 0 Å². The third-order valence-corrected chi connectivity index (χ3v) is 0.820. The van der Waals surface area contributed by atoms with Crippen LogP contribution in [0, 0.1) is 0 Å². The van der Waals surface area contributed by atoms with Crippen molar-refractivity contribution in [2.45, 2.75) is 0 Å². The quantitative estimate of drug-likeness (QED) is 0.409. The Hall–Kier alpha value is -2.12. The number of carboxylic acids is 2. The SMILES string of the molecule is O=C(O)COC(=O)C(=O)OCC(=O)O. The monoisotopic (exact) mass is 206 g/mol. The third kappa shape index (κ3) is 5.52. The van der Waals surface area contributed by atoms with E-state index in [9.17, 15) is 19.2 Å². The molecule has 0 fully saturated rings. The van der Waals surface area contributed by atoms with Crippen LogP contribution >= 0.6 is 0 Å². The third-order valence-electron chi connectivity index (χ3n) is 0.820. The van der Waals surface area contributed by atoms with Gasteiger partial charge in [-0.2, -0.15) is 0 Å². The Labute approximate surface area is 77.0 Å². The second-order valence-corrected chi connectivity index (χ2v) is 1.94. The molecular weight excluding hydrogens is 200 g/mol. The molecule has 0 saturated heterocycles. The summed E-state index contributed by atoms with van der Waals surface area (Å²) in [5.74, 6) is -5.98. The standard InChI is InChI=1S/C6H6O8/c7-3(8)1-13-5(11)6(12)14-2-4(9)10/h1-2H2,(H,7,8)(H,9,10). The van der Waals surface area contributed by atoms with Gasteiger partial charge in [-0.05, 0) is 0 Å². The fourth-order valence-corrected chi connectivity index (χ4v) is 0.372. The summed E-state index contributed by atoms with van der Waals surface area (Å²) < 4.78 is 7.78. The first kappa shape index (κ1) is 11.9. The first-order valence-corrected chi connectivity index (χ1v) is 3.21. The Balaban J connectivity index is 3.82. The van der Waals surface area contributed by atoms with E-state index in [0.717, 1.165) is 0 Å². The van der Waals surface area contributed by atoms with E-state index in [-0.39, 0.29) is 0 Å². The Morgan fingerprint density at radius 3 is 1.29 bits per heavy atom. The molecule has 0 heterocycles. The van der Waals surface area contributed by atoms with Crippen molar-refractivity contribution < 1.29 is 38.9 Å². The molecule has 0 saturated carbocycles. The Morgan fingerprint density at radius 1 is 0.786 bits per heavy atom. The number of hydrogen-bond donors (Lipinski definition) is 2. The molecule has 0 amide bonds. The highest BCUT2D eigenvalue weighted by Gasteiger charge is 2.19. The van der Waals surface area contributed by atoms with Gasteiger partial charge in [0, 0.05) is 0 Å². The van der Waals surface area contributed by atoms with E-state index in [0.29, 0.717) is 0 Å². The summed E-state index contributed by atoms with van der Waals surface area (Å²) in [5, 5.41) is 16.1. The largest absolute Gasteiger partial charge is 0.479 e. The molecule has 0 radical (unpaired) electrons. The zero-order valence-corrected chi connectivity index (χ0v) is 6.76. The maximum atomic E-state index is 10.5. The van der Waals surface area contributed by atoms with Crippen LogP contribution in [-0.2, 0) is 28.7 Å². The molecule has 2 N–H and O–H groups in total. The minimum absolute atomic E-state index is 0.985. The van der Waals surface area contributed by atoms with Gasteiger partial charge in [-0.1, -0.05) is 0 Å². The van der Waals surface area contributed by atoms with Crippen LogP contribution in [0.2, 0.25) is 0 Å². The number of esters is 2. The summed E-state index contributed by atoms with van der Waals surface area (Å²) >= 11 is 0. The lowest BCUT2D eigenvalue weighted by Crippen LogP contribution is -2.25. The van der Waals surface area contributed by atoms with E-state index >= 15 is 0 Å². The van der Waals surface area contributed by atoms with Crippen molar-refractivity contribution >= 4 is 23.9 Å². The lowest BCUT2D eigenvalue weighted by molar-refractivity contribution is -0.172. The van der Waals surface area contributed by atoms with Crippen LogP contribution in [0.25, 0.3) is 0 Å². The van der Waals surface area contributed by atoms with Gasteiger partial charge in [0.2, 0.25) is 0 Å². The highest BCUT2D eigenvalue weighted by Crippen LogP contribution is 1.85. The Morgan fingerprint density at radius 2 is 1.07 bits per heavy atom. The maximum absolute atomic E-state index is 10.5. The zero-order chi connectivity index (χ0) is 11.1. The van der Waals surface area contributed by atoms with Gasteiger partial charge in [-0.3, -0.25) is 0 Å². The number of hydrogen-bond acceptors (Lipinski definition) is 6. The number of ether oxygens (including phenoxy) is 2. The number of rotatable bonds is 4. The molecule has 78 valence electrons. The molecular formula is C6H6O8. The molecule has 0 aliphatic heterocycles.